The van der Waals surface area contributed by atoms with Gasteiger partial charge in [-0.3, -0.25) is 4.79 Å². The molecule has 0 atom stereocenters. The molecular weight excluding hydrogens is 250 g/mol. The van der Waals surface area contributed by atoms with Crippen molar-refractivity contribution in [1.29, 1.82) is 0 Å². The van der Waals surface area contributed by atoms with Crippen LogP contribution in [-0.2, 0) is 11.2 Å². The molecule has 1 aromatic rings. The van der Waals surface area contributed by atoms with Crippen LogP contribution in [0.15, 0.2) is 18.2 Å². The number of nitrogens with one attached hydrogen (secondary N) is 1. The molecule has 0 spiro atoms. The molecular formula is C16H21N3O. The first kappa shape index (κ1) is 12.2. The molecule has 0 aromatic heterocycles. The highest BCUT2D eigenvalue weighted by atomic mass is 16.2. The van der Waals surface area contributed by atoms with Gasteiger partial charge in [0, 0.05) is 50.0 Å². The molecule has 4 heteroatoms. The van der Waals surface area contributed by atoms with Crippen molar-refractivity contribution in [1.82, 2.24) is 5.32 Å². The highest BCUT2D eigenvalue weighted by Crippen LogP contribution is 2.37. The van der Waals surface area contributed by atoms with Gasteiger partial charge in [0.1, 0.15) is 0 Å². The molecule has 1 amide bonds. The quantitative estimate of drug-likeness (QED) is 0.883. The third kappa shape index (κ3) is 2.08. The highest BCUT2D eigenvalue weighted by Gasteiger charge is 2.36. The summed E-state index contributed by atoms with van der Waals surface area (Å²) in [5.41, 5.74) is 3.81. The third-order valence-corrected chi connectivity index (χ3v) is 4.63. The topological polar surface area (TPSA) is 35.6 Å². The number of rotatable bonds is 2. The van der Waals surface area contributed by atoms with E-state index in [9.17, 15) is 4.79 Å². The fourth-order valence-corrected chi connectivity index (χ4v) is 3.29. The molecule has 1 N–H and O–H groups in total. The van der Waals surface area contributed by atoms with Crippen molar-refractivity contribution in [2.75, 3.05) is 42.5 Å². The summed E-state index contributed by atoms with van der Waals surface area (Å²) in [5.74, 6) is 0.660. The van der Waals surface area contributed by atoms with E-state index in [4.69, 9.17) is 0 Å². The van der Waals surface area contributed by atoms with Crippen molar-refractivity contribution in [3.8, 4) is 0 Å². The second kappa shape index (κ2) is 4.77. The number of amides is 1. The number of carbonyl (C=O) groups excluding carboxylic acids is 1. The van der Waals surface area contributed by atoms with E-state index in [1.807, 2.05) is 4.90 Å². The third-order valence-electron chi connectivity index (χ3n) is 4.63. The Kier molecular flexibility index (Phi) is 2.91. The van der Waals surface area contributed by atoms with Crippen LogP contribution in [0.4, 0.5) is 11.4 Å². The van der Waals surface area contributed by atoms with Crippen LogP contribution in [0, 0.1) is 5.92 Å². The van der Waals surface area contributed by atoms with Crippen LogP contribution in [0.3, 0.4) is 0 Å². The second-order valence-corrected chi connectivity index (χ2v) is 6.06. The molecule has 4 nitrogen and oxygen atoms in total. The Morgan fingerprint density at radius 2 is 1.95 bits per heavy atom. The lowest BCUT2D eigenvalue weighted by Gasteiger charge is -2.30. The molecule has 1 saturated carbocycles. The largest absolute Gasteiger partial charge is 0.369 e. The van der Waals surface area contributed by atoms with Crippen molar-refractivity contribution >= 4 is 17.3 Å². The van der Waals surface area contributed by atoms with Gasteiger partial charge < -0.3 is 15.1 Å². The molecule has 0 unspecified atom stereocenters. The second-order valence-electron chi connectivity index (χ2n) is 6.06. The van der Waals surface area contributed by atoms with E-state index in [0.29, 0.717) is 11.8 Å². The Morgan fingerprint density at radius 3 is 2.70 bits per heavy atom. The Balaban J connectivity index is 1.57. The summed E-state index contributed by atoms with van der Waals surface area (Å²) >= 11 is 0. The van der Waals surface area contributed by atoms with Crippen LogP contribution in [-0.4, -0.2) is 38.6 Å². The van der Waals surface area contributed by atoms with Gasteiger partial charge in [-0.25, -0.2) is 0 Å². The summed E-state index contributed by atoms with van der Waals surface area (Å²) in [4.78, 5) is 16.7. The molecule has 1 aromatic carbocycles. The van der Waals surface area contributed by atoms with Gasteiger partial charge in [0.2, 0.25) is 5.91 Å². The van der Waals surface area contributed by atoms with E-state index in [-0.39, 0.29) is 0 Å². The minimum atomic E-state index is 0.314. The van der Waals surface area contributed by atoms with E-state index < -0.39 is 0 Å². The van der Waals surface area contributed by atoms with Crippen molar-refractivity contribution in [2.45, 2.75) is 19.3 Å². The summed E-state index contributed by atoms with van der Waals surface area (Å²) in [5, 5.41) is 3.38. The molecule has 0 bridgehead atoms. The average molecular weight is 271 g/mol. The lowest BCUT2D eigenvalue weighted by Crippen LogP contribution is -2.43. The minimum absolute atomic E-state index is 0.314. The lowest BCUT2D eigenvalue weighted by atomic mass is 10.1. The summed E-state index contributed by atoms with van der Waals surface area (Å²) in [6, 6.07) is 6.63. The summed E-state index contributed by atoms with van der Waals surface area (Å²) in [6.07, 6.45) is 3.18. The van der Waals surface area contributed by atoms with Gasteiger partial charge in [0.25, 0.3) is 0 Å². The monoisotopic (exact) mass is 271 g/mol. The number of benzene rings is 1. The van der Waals surface area contributed by atoms with Gasteiger partial charge in [-0.1, -0.05) is 0 Å². The smallest absolute Gasteiger partial charge is 0.230 e. The number of anilines is 2. The van der Waals surface area contributed by atoms with Crippen molar-refractivity contribution in [2.24, 2.45) is 5.92 Å². The van der Waals surface area contributed by atoms with Gasteiger partial charge in [-0.05, 0) is 43.0 Å². The molecule has 2 aliphatic heterocycles. The minimum Gasteiger partial charge on any atom is -0.369 e. The zero-order chi connectivity index (χ0) is 13.5. The number of fused-ring (bicyclic) bond motifs is 1. The number of carbonyl (C=O) groups is 1. The summed E-state index contributed by atoms with van der Waals surface area (Å²) < 4.78 is 0. The summed E-state index contributed by atoms with van der Waals surface area (Å²) in [6.45, 7) is 5.13. The molecule has 2 fully saturated rings. The SMILES string of the molecule is O=C(C1CC1)N1CCc2cc(N3CCNCC3)ccc21. The normalized spacial score (nSPS) is 22.0. The van der Waals surface area contributed by atoms with Gasteiger partial charge in [0.15, 0.2) is 0 Å². The van der Waals surface area contributed by atoms with Crippen molar-refractivity contribution < 1.29 is 4.79 Å². The Labute approximate surface area is 119 Å². The molecule has 2 heterocycles. The molecule has 1 aliphatic carbocycles. The zero-order valence-corrected chi connectivity index (χ0v) is 11.8. The predicted molar refractivity (Wildman–Crippen MR) is 80.3 cm³/mol. The first-order valence-electron chi connectivity index (χ1n) is 7.73. The van der Waals surface area contributed by atoms with E-state index in [2.05, 4.69) is 28.4 Å². The van der Waals surface area contributed by atoms with Crippen LogP contribution in [0.2, 0.25) is 0 Å². The predicted octanol–water partition coefficient (Wildman–Crippen LogP) is 1.40. The molecule has 3 aliphatic rings. The maximum Gasteiger partial charge on any atom is 0.230 e. The summed E-state index contributed by atoms with van der Waals surface area (Å²) in [7, 11) is 0. The average Bonchev–Trinajstić information content (AvgIpc) is 3.27. The Bertz CT molecular complexity index is 533. The number of hydrogen-bond acceptors (Lipinski definition) is 3. The van der Waals surface area contributed by atoms with Gasteiger partial charge >= 0.3 is 0 Å². The van der Waals surface area contributed by atoms with Gasteiger partial charge in [0.05, 0.1) is 0 Å². The first-order chi connectivity index (χ1) is 9.83. The van der Waals surface area contributed by atoms with Crippen molar-refractivity contribution in [3.05, 3.63) is 23.8 Å². The molecule has 20 heavy (non-hydrogen) atoms. The number of hydrogen-bond donors (Lipinski definition) is 1. The van der Waals surface area contributed by atoms with E-state index >= 15 is 0 Å². The fraction of sp³-hybridized carbons (Fsp3) is 0.562. The maximum absolute atomic E-state index is 12.3. The molecule has 0 radical (unpaired) electrons. The van der Waals surface area contributed by atoms with Crippen LogP contribution in [0.25, 0.3) is 0 Å². The van der Waals surface area contributed by atoms with E-state index in [1.165, 1.54) is 11.3 Å². The molecule has 4 rings (SSSR count). The standard InChI is InChI=1S/C16H21N3O/c20-16(12-1-2-12)19-8-5-13-11-14(3-4-15(13)19)18-9-6-17-7-10-18/h3-4,11-12,17H,1-2,5-10H2. The maximum atomic E-state index is 12.3. The Morgan fingerprint density at radius 1 is 1.15 bits per heavy atom. The first-order valence-corrected chi connectivity index (χ1v) is 7.73. The van der Waals surface area contributed by atoms with Gasteiger partial charge in [-0.2, -0.15) is 0 Å². The van der Waals surface area contributed by atoms with Crippen LogP contribution >= 0.6 is 0 Å². The number of piperazine rings is 1. The lowest BCUT2D eigenvalue weighted by molar-refractivity contribution is -0.119. The van der Waals surface area contributed by atoms with Crippen molar-refractivity contribution in [3.63, 3.8) is 0 Å². The van der Waals surface area contributed by atoms with E-state index in [0.717, 1.165) is 57.7 Å². The van der Waals surface area contributed by atoms with Crippen LogP contribution in [0.5, 0.6) is 0 Å². The van der Waals surface area contributed by atoms with Gasteiger partial charge in [-0.15, -0.1) is 0 Å². The highest BCUT2D eigenvalue weighted by molar-refractivity contribution is 5.98. The number of nitrogens with zero attached hydrogens (tertiary/aromatic N) is 2. The molecule has 1 saturated heterocycles. The Hall–Kier alpha value is -1.55. The van der Waals surface area contributed by atoms with Crippen LogP contribution in [0.1, 0.15) is 18.4 Å². The fourth-order valence-electron chi connectivity index (χ4n) is 3.29. The molecule has 106 valence electrons. The zero-order valence-electron chi connectivity index (χ0n) is 11.8. The van der Waals surface area contributed by atoms with E-state index in [1.54, 1.807) is 0 Å². The van der Waals surface area contributed by atoms with Crippen LogP contribution < -0.4 is 15.1 Å².